The van der Waals surface area contributed by atoms with Crippen LogP contribution < -0.4 is 15.0 Å². The first-order valence-corrected chi connectivity index (χ1v) is 7.25. The lowest BCUT2D eigenvalue weighted by Gasteiger charge is -2.28. The molecule has 1 N–H and O–H groups in total. The Kier molecular flexibility index (Phi) is 4.47. The molecule has 0 radical (unpaired) electrons. The topological polar surface area (TPSA) is 74.1 Å². The summed E-state index contributed by atoms with van der Waals surface area (Å²) in [6, 6.07) is 9.48. The average Bonchev–Trinajstić information content (AvgIpc) is 2.61. The van der Waals surface area contributed by atoms with E-state index in [1.165, 1.54) is 0 Å². The summed E-state index contributed by atoms with van der Waals surface area (Å²) in [7, 11) is 0. The Morgan fingerprint density at radius 2 is 2.14 bits per heavy atom. The molecule has 3 rings (SSSR count). The maximum Gasteiger partial charge on any atom is 0.234 e. The van der Waals surface area contributed by atoms with Crippen molar-refractivity contribution < 1.29 is 4.74 Å². The fourth-order valence-corrected chi connectivity index (χ4v) is 2.34. The van der Waals surface area contributed by atoms with E-state index in [1.807, 2.05) is 18.2 Å². The first-order valence-electron chi connectivity index (χ1n) is 7.25. The molecule has 0 amide bonds. The van der Waals surface area contributed by atoms with E-state index in [4.69, 9.17) is 10.00 Å². The molecule has 0 unspecified atom stereocenters. The Balaban J connectivity index is 1.66. The molecule has 6 heteroatoms. The number of nitrogens with zero attached hydrogens (tertiary/aromatic N) is 4. The van der Waals surface area contributed by atoms with Gasteiger partial charge in [0.15, 0.2) is 5.82 Å². The van der Waals surface area contributed by atoms with Crippen LogP contribution in [0.15, 0.2) is 36.7 Å². The van der Waals surface area contributed by atoms with Crippen molar-refractivity contribution >= 4 is 5.82 Å². The molecule has 0 spiro atoms. The summed E-state index contributed by atoms with van der Waals surface area (Å²) >= 11 is 0. The number of piperazine rings is 1. The molecule has 0 aliphatic carbocycles. The third-order valence-electron chi connectivity index (χ3n) is 3.48. The Morgan fingerprint density at radius 3 is 2.95 bits per heavy atom. The number of ether oxygens (including phenoxy) is 1. The van der Waals surface area contributed by atoms with Gasteiger partial charge in [-0.15, -0.1) is 0 Å². The third-order valence-corrected chi connectivity index (χ3v) is 3.48. The molecule has 22 heavy (non-hydrogen) atoms. The van der Waals surface area contributed by atoms with Crippen molar-refractivity contribution in [3.63, 3.8) is 0 Å². The van der Waals surface area contributed by atoms with Crippen LogP contribution in [0.1, 0.15) is 11.1 Å². The molecule has 1 aliphatic rings. The Hall–Kier alpha value is -2.65. The second-order valence-corrected chi connectivity index (χ2v) is 5.05. The highest BCUT2D eigenvalue weighted by atomic mass is 16.5. The van der Waals surface area contributed by atoms with E-state index in [1.54, 1.807) is 18.5 Å². The Labute approximate surface area is 129 Å². The highest BCUT2D eigenvalue weighted by Crippen LogP contribution is 2.16. The van der Waals surface area contributed by atoms with Crippen molar-refractivity contribution in [1.29, 1.82) is 5.26 Å². The second kappa shape index (κ2) is 6.87. The van der Waals surface area contributed by atoms with Gasteiger partial charge in [-0.1, -0.05) is 12.1 Å². The molecule has 1 aliphatic heterocycles. The predicted molar refractivity (Wildman–Crippen MR) is 82.6 cm³/mol. The molecule has 1 saturated heterocycles. The summed E-state index contributed by atoms with van der Waals surface area (Å²) in [4.78, 5) is 10.9. The van der Waals surface area contributed by atoms with Gasteiger partial charge in [-0.05, 0) is 17.7 Å². The summed E-state index contributed by atoms with van der Waals surface area (Å²) in [6.45, 7) is 4.11. The van der Waals surface area contributed by atoms with Crippen molar-refractivity contribution in [3.05, 3.63) is 47.8 Å². The van der Waals surface area contributed by atoms with E-state index in [-0.39, 0.29) is 0 Å². The number of rotatable bonds is 4. The standard InChI is InChI=1S/C16H17N5O/c17-9-13-2-1-3-14(8-13)12-22-16-11-19-10-15(20-16)21-6-4-18-5-7-21/h1-3,8,10-11,18H,4-7,12H2. The van der Waals surface area contributed by atoms with Gasteiger partial charge in [0.25, 0.3) is 0 Å². The van der Waals surface area contributed by atoms with Gasteiger partial charge in [-0.25, -0.2) is 0 Å². The quantitative estimate of drug-likeness (QED) is 0.917. The van der Waals surface area contributed by atoms with Crippen molar-refractivity contribution in [2.24, 2.45) is 0 Å². The number of nitrogens with one attached hydrogen (secondary N) is 1. The van der Waals surface area contributed by atoms with Crippen LogP contribution in [0.25, 0.3) is 0 Å². The van der Waals surface area contributed by atoms with Crippen LogP contribution in [0, 0.1) is 11.3 Å². The number of aromatic nitrogens is 2. The highest BCUT2D eigenvalue weighted by molar-refractivity contribution is 5.38. The fraction of sp³-hybridized carbons (Fsp3) is 0.312. The molecule has 1 fully saturated rings. The monoisotopic (exact) mass is 295 g/mol. The van der Waals surface area contributed by atoms with E-state index in [9.17, 15) is 0 Å². The Morgan fingerprint density at radius 1 is 1.27 bits per heavy atom. The summed E-state index contributed by atoms with van der Waals surface area (Å²) in [6.07, 6.45) is 3.37. The van der Waals surface area contributed by atoms with Crippen LogP contribution >= 0.6 is 0 Å². The molecule has 0 saturated carbocycles. The minimum absolute atomic E-state index is 0.370. The lowest BCUT2D eigenvalue weighted by molar-refractivity contribution is 0.292. The first kappa shape index (κ1) is 14.3. The molecule has 112 valence electrons. The number of anilines is 1. The van der Waals surface area contributed by atoms with Crippen molar-refractivity contribution in [1.82, 2.24) is 15.3 Å². The zero-order chi connectivity index (χ0) is 15.2. The zero-order valence-corrected chi connectivity index (χ0v) is 12.2. The first-order chi connectivity index (χ1) is 10.8. The van der Waals surface area contributed by atoms with Gasteiger partial charge in [-0.3, -0.25) is 4.98 Å². The smallest absolute Gasteiger partial charge is 0.234 e. The number of nitriles is 1. The van der Waals surface area contributed by atoms with Gasteiger partial charge in [-0.2, -0.15) is 10.2 Å². The molecular weight excluding hydrogens is 278 g/mol. The normalized spacial score (nSPS) is 14.4. The van der Waals surface area contributed by atoms with Crippen LogP contribution in [-0.2, 0) is 6.61 Å². The number of hydrogen-bond acceptors (Lipinski definition) is 6. The van der Waals surface area contributed by atoms with E-state index in [0.29, 0.717) is 18.1 Å². The maximum atomic E-state index is 8.90. The zero-order valence-electron chi connectivity index (χ0n) is 12.2. The van der Waals surface area contributed by atoms with Gasteiger partial charge in [0.05, 0.1) is 24.0 Å². The highest BCUT2D eigenvalue weighted by Gasteiger charge is 2.12. The van der Waals surface area contributed by atoms with E-state index < -0.39 is 0 Å². The van der Waals surface area contributed by atoms with E-state index >= 15 is 0 Å². The third kappa shape index (κ3) is 3.51. The van der Waals surface area contributed by atoms with Crippen molar-refractivity contribution in [2.45, 2.75) is 6.61 Å². The molecule has 0 atom stereocenters. The van der Waals surface area contributed by atoms with Gasteiger partial charge in [0.1, 0.15) is 6.61 Å². The molecule has 1 aromatic heterocycles. The van der Waals surface area contributed by atoms with Gasteiger partial charge in [0, 0.05) is 26.2 Å². The fourth-order valence-electron chi connectivity index (χ4n) is 2.34. The lowest BCUT2D eigenvalue weighted by atomic mass is 10.1. The van der Waals surface area contributed by atoms with Crippen LogP contribution in [-0.4, -0.2) is 36.1 Å². The maximum absolute atomic E-state index is 8.90. The lowest BCUT2D eigenvalue weighted by Crippen LogP contribution is -2.43. The summed E-state index contributed by atoms with van der Waals surface area (Å²) in [5, 5.41) is 12.2. The van der Waals surface area contributed by atoms with Gasteiger partial charge < -0.3 is 15.0 Å². The van der Waals surface area contributed by atoms with Crippen LogP contribution in [0.5, 0.6) is 5.88 Å². The molecule has 2 heterocycles. The largest absolute Gasteiger partial charge is 0.472 e. The predicted octanol–water partition coefficient (Wildman–Crippen LogP) is 1.34. The Bertz CT molecular complexity index is 676. The number of benzene rings is 1. The van der Waals surface area contributed by atoms with Crippen molar-refractivity contribution in [2.75, 3.05) is 31.1 Å². The molecule has 0 bridgehead atoms. The average molecular weight is 295 g/mol. The minimum atomic E-state index is 0.370. The van der Waals surface area contributed by atoms with Crippen LogP contribution in [0.4, 0.5) is 5.82 Å². The van der Waals surface area contributed by atoms with Crippen LogP contribution in [0.2, 0.25) is 0 Å². The van der Waals surface area contributed by atoms with Gasteiger partial charge >= 0.3 is 0 Å². The molecule has 6 nitrogen and oxygen atoms in total. The van der Waals surface area contributed by atoms with Crippen molar-refractivity contribution in [3.8, 4) is 11.9 Å². The molecular formula is C16H17N5O. The summed E-state index contributed by atoms with van der Waals surface area (Å²) < 4.78 is 5.70. The van der Waals surface area contributed by atoms with Crippen LogP contribution in [0.3, 0.4) is 0 Å². The molecule has 1 aromatic carbocycles. The van der Waals surface area contributed by atoms with E-state index in [0.717, 1.165) is 37.6 Å². The van der Waals surface area contributed by atoms with Gasteiger partial charge in [0.2, 0.25) is 5.88 Å². The SMILES string of the molecule is N#Cc1cccc(COc2cncc(N3CCNCC3)n2)c1. The van der Waals surface area contributed by atoms with E-state index in [2.05, 4.69) is 26.3 Å². The number of hydrogen-bond donors (Lipinski definition) is 1. The summed E-state index contributed by atoms with van der Waals surface area (Å²) in [5.41, 5.74) is 1.56. The second-order valence-electron chi connectivity index (χ2n) is 5.05. The molecule has 2 aromatic rings. The summed E-state index contributed by atoms with van der Waals surface area (Å²) in [5.74, 6) is 1.34. The minimum Gasteiger partial charge on any atom is -0.472 e.